The van der Waals surface area contributed by atoms with Crippen LogP contribution >= 0.6 is 0 Å². The van der Waals surface area contributed by atoms with Gasteiger partial charge < -0.3 is 18.8 Å². The van der Waals surface area contributed by atoms with Gasteiger partial charge in [-0.15, -0.1) is 0 Å². The summed E-state index contributed by atoms with van der Waals surface area (Å²) in [6.07, 6.45) is -0.281. The van der Waals surface area contributed by atoms with Crippen molar-refractivity contribution in [2.45, 2.75) is 31.4 Å². The number of carboxylic acid groups (broad SMARTS) is 1. The average molecular weight is 462 g/mol. The zero-order valence-corrected chi connectivity index (χ0v) is 17.3. The standard InChI is InChI=1S/C20H21F3O7S/c1-2-28-18(19(24)25)13-15-5-7-16(8-6-15)29-12-11-14-3-9-17(10-4-14)30-31(26,27)20(21,22)23/h3-10,18H,2,11-13H2,1H3,(H,24,25). The number of carboxylic acids is 1. The molecule has 2 aromatic rings. The lowest BCUT2D eigenvalue weighted by molar-refractivity contribution is -0.149. The summed E-state index contributed by atoms with van der Waals surface area (Å²) < 4.78 is 73.7. The van der Waals surface area contributed by atoms with Gasteiger partial charge in [-0.3, -0.25) is 0 Å². The predicted molar refractivity (Wildman–Crippen MR) is 104 cm³/mol. The van der Waals surface area contributed by atoms with Gasteiger partial charge in [0.25, 0.3) is 0 Å². The number of rotatable bonds is 11. The molecule has 1 N–H and O–H groups in total. The third-order valence-corrected chi connectivity index (χ3v) is 5.04. The molecule has 0 aromatic heterocycles. The van der Waals surface area contributed by atoms with Crippen molar-refractivity contribution < 1.29 is 45.1 Å². The summed E-state index contributed by atoms with van der Waals surface area (Å²) in [7, 11) is -5.70. The summed E-state index contributed by atoms with van der Waals surface area (Å²) in [6.45, 7) is 2.28. The molecule has 0 bridgehead atoms. The van der Waals surface area contributed by atoms with E-state index in [1.165, 1.54) is 12.1 Å². The van der Waals surface area contributed by atoms with Crippen molar-refractivity contribution in [3.8, 4) is 11.5 Å². The fourth-order valence-corrected chi connectivity index (χ4v) is 2.99. The van der Waals surface area contributed by atoms with Crippen LogP contribution in [0, 0.1) is 0 Å². The molecule has 11 heteroatoms. The van der Waals surface area contributed by atoms with E-state index in [0.717, 1.165) is 17.7 Å². The van der Waals surface area contributed by atoms with Gasteiger partial charge in [0.15, 0.2) is 6.10 Å². The fourth-order valence-electron chi connectivity index (χ4n) is 2.53. The summed E-state index contributed by atoms with van der Waals surface area (Å²) in [4.78, 5) is 11.1. The van der Waals surface area contributed by atoms with Crippen molar-refractivity contribution in [1.82, 2.24) is 0 Å². The number of carbonyl (C=O) groups is 1. The minimum Gasteiger partial charge on any atom is -0.493 e. The SMILES string of the molecule is CCOC(Cc1ccc(OCCc2ccc(OS(=O)(=O)C(F)(F)F)cc2)cc1)C(=O)O. The maximum absolute atomic E-state index is 12.3. The highest BCUT2D eigenvalue weighted by Crippen LogP contribution is 2.27. The minimum atomic E-state index is -5.70. The van der Waals surface area contributed by atoms with Gasteiger partial charge >= 0.3 is 21.6 Å². The molecule has 0 aliphatic heterocycles. The molecule has 0 fully saturated rings. The van der Waals surface area contributed by atoms with E-state index in [1.807, 2.05) is 0 Å². The number of aliphatic carboxylic acids is 1. The van der Waals surface area contributed by atoms with Crippen molar-refractivity contribution in [1.29, 1.82) is 0 Å². The summed E-state index contributed by atoms with van der Waals surface area (Å²) in [6, 6.07) is 12.0. The van der Waals surface area contributed by atoms with Crippen molar-refractivity contribution in [3.63, 3.8) is 0 Å². The number of benzene rings is 2. The Balaban J connectivity index is 1.85. The molecule has 0 radical (unpaired) electrons. The molecule has 2 aromatic carbocycles. The largest absolute Gasteiger partial charge is 0.534 e. The van der Waals surface area contributed by atoms with E-state index in [9.17, 15) is 26.4 Å². The third kappa shape index (κ3) is 7.44. The summed E-state index contributed by atoms with van der Waals surface area (Å²) in [5.74, 6) is -0.915. The van der Waals surface area contributed by atoms with Gasteiger partial charge in [0, 0.05) is 19.4 Å². The van der Waals surface area contributed by atoms with E-state index in [0.29, 0.717) is 24.3 Å². The van der Waals surface area contributed by atoms with Crippen LogP contribution < -0.4 is 8.92 Å². The predicted octanol–water partition coefficient (Wildman–Crippen LogP) is 3.57. The third-order valence-electron chi connectivity index (χ3n) is 4.06. The van der Waals surface area contributed by atoms with Crippen LogP contribution in [0.3, 0.4) is 0 Å². The first-order chi connectivity index (χ1) is 14.5. The average Bonchev–Trinajstić information content (AvgIpc) is 2.69. The Bertz CT molecular complexity index is 956. The quantitative estimate of drug-likeness (QED) is 0.403. The van der Waals surface area contributed by atoms with Crippen LogP contribution in [-0.2, 0) is 32.5 Å². The van der Waals surface area contributed by atoms with E-state index < -0.39 is 33.4 Å². The van der Waals surface area contributed by atoms with E-state index in [-0.39, 0.29) is 13.0 Å². The summed E-state index contributed by atoms with van der Waals surface area (Å²) in [5, 5.41) is 9.12. The first-order valence-electron chi connectivity index (χ1n) is 9.17. The van der Waals surface area contributed by atoms with Crippen molar-refractivity contribution in [2.75, 3.05) is 13.2 Å². The molecule has 2 rings (SSSR count). The highest BCUT2D eigenvalue weighted by atomic mass is 32.2. The number of hydrogen-bond donors (Lipinski definition) is 1. The summed E-state index contributed by atoms with van der Waals surface area (Å²) in [5.41, 5.74) is -4.01. The molecule has 0 aliphatic rings. The normalized spacial score (nSPS) is 12.9. The van der Waals surface area contributed by atoms with Gasteiger partial charge in [-0.1, -0.05) is 24.3 Å². The Morgan fingerprint density at radius 2 is 1.55 bits per heavy atom. The molecule has 0 amide bonds. The van der Waals surface area contributed by atoms with Crippen molar-refractivity contribution >= 4 is 16.1 Å². The van der Waals surface area contributed by atoms with Gasteiger partial charge in [0.1, 0.15) is 11.5 Å². The highest BCUT2D eigenvalue weighted by Gasteiger charge is 2.48. The van der Waals surface area contributed by atoms with Crippen LogP contribution in [0.5, 0.6) is 11.5 Å². The van der Waals surface area contributed by atoms with Gasteiger partial charge in [-0.25, -0.2) is 4.79 Å². The maximum Gasteiger partial charge on any atom is 0.534 e. The highest BCUT2D eigenvalue weighted by molar-refractivity contribution is 7.88. The van der Waals surface area contributed by atoms with Crippen LogP contribution in [0.1, 0.15) is 18.1 Å². The number of halogens is 3. The Morgan fingerprint density at radius 3 is 2.06 bits per heavy atom. The molecule has 0 spiro atoms. The molecule has 0 heterocycles. The molecule has 1 unspecified atom stereocenters. The first-order valence-corrected chi connectivity index (χ1v) is 10.6. The van der Waals surface area contributed by atoms with E-state index in [4.69, 9.17) is 14.6 Å². The fraction of sp³-hybridized carbons (Fsp3) is 0.350. The topological polar surface area (TPSA) is 99.1 Å². The number of alkyl halides is 3. The van der Waals surface area contributed by atoms with E-state index >= 15 is 0 Å². The van der Waals surface area contributed by atoms with Crippen LogP contribution in [-0.4, -0.2) is 44.3 Å². The van der Waals surface area contributed by atoms with E-state index in [1.54, 1.807) is 31.2 Å². The number of ether oxygens (including phenoxy) is 2. The minimum absolute atomic E-state index is 0.224. The molecular weight excluding hydrogens is 441 g/mol. The molecule has 0 saturated carbocycles. The van der Waals surface area contributed by atoms with Gasteiger partial charge in [0.05, 0.1) is 6.61 Å². The van der Waals surface area contributed by atoms with Crippen LogP contribution in [0.25, 0.3) is 0 Å². The van der Waals surface area contributed by atoms with E-state index in [2.05, 4.69) is 4.18 Å². The smallest absolute Gasteiger partial charge is 0.493 e. The molecule has 7 nitrogen and oxygen atoms in total. The lowest BCUT2D eigenvalue weighted by Crippen LogP contribution is -2.28. The first kappa shape index (κ1) is 24.5. The van der Waals surface area contributed by atoms with Gasteiger partial charge in [-0.2, -0.15) is 21.6 Å². The number of hydrogen-bond acceptors (Lipinski definition) is 6. The lowest BCUT2D eigenvalue weighted by Gasteiger charge is -2.13. The van der Waals surface area contributed by atoms with Gasteiger partial charge in [-0.05, 0) is 42.3 Å². The lowest BCUT2D eigenvalue weighted by atomic mass is 10.1. The Kier molecular flexibility index (Phi) is 8.28. The molecule has 170 valence electrons. The summed E-state index contributed by atoms with van der Waals surface area (Å²) >= 11 is 0. The Morgan fingerprint density at radius 1 is 1.00 bits per heavy atom. The zero-order valence-electron chi connectivity index (χ0n) is 16.5. The van der Waals surface area contributed by atoms with Crippen LogP contribution in [0.2, 0.25) is 0 Å². The molecule has 1 atom stereocenters. The Labute approximate surface area is 177 Å². The second kappa shape index (κ2) is 10.5. The maximum atomic E-state index is 12.3. The zero-order chi connectivity index (χ0) is 23.1. The molecule has 0 saturated heterocycles. The molecular formula is C20H21F3O7S. The second-order valence-electron chi connectivity index (χ2n) is 6.36. The second-order valence-corrected chi connectivity index (χ2v) is 7.89. The molecule has 31 heavy (non-hydrogen) atoms. The Hall–Kier alpha value is -2.79. The van der Waals surface area contributed by atoms with Crippen molar-refractivity contribution in [3.05, 3.63) is 59.7 Å². The van der Waals surface area contributed by atoms with Crippen molar-refractivity contribution in [2.24, 2.45) is 0 Å². The van der Waals surface area contributed by atoms with Crippen LogP contribution in [0.4, 0.5) is 13.2 Å². The monoisotopic (exact) mass is 462 g/mol. The van der Waals surface area contributed by atoms with Gasteiger partial charge in [0.2, 0.25) is 0 Å². The van der Waals surface area contributed by atoms with Crippen LogP contribution in [0.15, 0.2) is 48.5 Å². The molecule has 0 aliphatic carbocycles.